The van der Waals surface area contributed by atoms with Gasteiger partial charge in [0.1, 0.15) is 0 Å². The van der Waals surface area contributed by atoms with Crippen LogP contribution in [0, 0.1) is 0 Å². The molecule has 20 heavy (non-hydrogen) atoms. The topological polar surface area (TPSA) is 6.48 Å². The number of anilines is 1. The highest BCUT2D eigenvalue weighted by Gasteiger charge is 2.19. The van der Waals surface area contributed by atoms with Gasteiger partial charge in [0.15, 0.2) is 0 Å². The Morgan fingerprint density at radius 3 is 2.55 bits per heavy atom. The molecule has 1 saturated heterocycles. The Bertz CT molecular complexity index is 603. The largest absolute Gasteiger partial charge is 0.378 e. The Kier molecular flexibility index (Phi) is 3.66. The van der Waals surface area contributed by atoms with Gasteiger partial charge < -0.3 is 4.90 Å². The fraction of sp³-hybridized carbons (Fsp3) is 0.444. The SMILES string of the molecule is C[C@@H]1CCCN1Cc1ccc2cc(N(C)C)ccc2c1. The van der Waals surface area contributed by atoms with Crippen LogP contribution in [0.1, 0.15) is 25.3 Å². The van der Waals surface area contributed by atoms with Crippen LogP contribution in [0.5, 0.6) is 0 Å². The van der Waals surface area contributed by atoms with Crippen LogP contribution in [-0.4, -0.2) is 31.6 Å². The van der Waals surface area contributed by atoms with Crippen LogP contribution >= 0.6 is 0 Å². The predicted molar refractivity (Wildman–Crippen MR) is 87.4 cm³/mol. The molecule has 0 unspecified atom stereocenters. The molecule has 1 heterocycles. The Morgan fingerprint density at radius 1 is 1.10 bits per heavy atom. The molecule has 106 valence electrons. The summed E-state index contributed by atoms with van der Waals surface area (Å²) in [6.07, 6.45) is 2.70. The van der Waals surface area contributed by atoms with Gasteiger partial charge in [0.2, 0.25) is 0 Å². The van der Waals surface area contributed by atoms with E-state index in [1.165, 1.54) is 41.4 Å². The van der Waals surface area contributed by atoms with Crippen molar-refractivity contribution in [2.24, 2.45) is 0 Å². The van der Waals surface area contributed by atoms with Crippen molar-refractivity contribution in [2.75, 3.05) is 25.5 Å². The highest BCUT2D eigenvalue weighted by molar-refractivity contribution is 5.86. The second-order valence-corrected chi connectivity index (χ2v) is 6.22. The maximum absolute atomic E-state index is 2.59. The average molecular weight is 268 g/mol. The molecule has 0 N–H and O–H groups in total. The van der Waals surface area contributed by atoms with Gasteiger partial charge in [0.05, 0.1) is 0 Å². The van der Waals surface area contributed by atoms with E-state index in [0.29, 0.717) is 0 Å². The third kappa shape index (κ3) is 2.66. The van der Waals surface area contributed by atoms with E-state index >= 15 is 0 Å². The summed E-state index contributed by atoms with van der Waals surface area (Å²) in [6.45, 7) is 4.68. The third-order valence-electron chi connectivity index (χ3n) is 4.48. The molecule has 0 saturated carbocycles. The molecule has 1 aliphatic heterocycles. The smallest absolute Gasteiger partial charge is 0.0367 e. The van der Waals surface area contributed by atoms with E-state index in [0.717, 1.165) is 12.6 Å². The lowest BCUT2D eigenvalue weighted by Crippen LogP contribution is -2.26. The van der Waals surface area contributed by atoms with Gasteiger partial charge in [-0.2, -0.15) is 0 Å². The summed E-state index contributed by atoms with van der Waals surface area (Å²) in [5.41, 5.74) is 2.70. The van der Waals surface area contributed by atoms with E-state index in [-0.39, 0.29) is 0 Å². The van der Waals surface area contributed by atoms with Crippen LogP contribution < -0.4 is 4.90 Å². The van der Waals surface area contributed by atoms with E-state index in [1.807, 2.05) is 0 Å². The number of fused-ring (bicyclic) bond motifs is 1. The molecule has 0 amide bonds. The number of benzene rings is 2. The normalized spacial score (nSPS) is 19.6. The minimum absolute atomic E-state index is 0.738. The van der Waals surface area contributed by atoms with Gasteiger partial charge in [-0.3, -0.25) is 4.90 Å². The zero-order valence-electron chi connectivity index (χ0n) is 12.8. The summed E-state index contributed by atoms with van der Waals surface area (Å²) < 4.78 is 0. The Hall–Kier alpha value is -1.54. The maximum Gasteiger partial charge on any atom is 0.0367 e. The molecule has 1 aliphatic rings. The number of hydrogen-bond donors (Lipinski definition) is 0. The van der Waals surface area contributed by atoms with Crippen molar-refractivity contribution < 1.29 is 0 Å². The maximum atomic E-state index is 2.59. The zero-order valence-corrected chi connectivity index (χ0v) is 12.8. The molecule has 2 aromatic carbocycles. The van der Waals surface area contributed by atoms with Crippen LogP contribution in [0.4, 0.5) is 5.69 Å². The fourth-order valence-electron chi connectivity index (χ4n) is 3.12. The lowest BCUT2D eigenvalue weighted by atomic mass is 10.1. The zero-order chi connectivity index (χ0) is 14.1. The molecule has 2 heteroatoms. The highest BCUT2D eigenvalue weighted by Crippen LogP contribution is 2.24. The first-order valence-corrected chi connectivity index (χ1v) is 7.57. The molecule has 0 radical (unpaired) electrons. The fourth-order valence-corrected chi connectivity index (χ4v) is 3.12. The van der Waals surface area contributed by atoms with Crippen LogP contribution in [0.2, 0.25) is 0 Å². The van der Waals surface area contributed by atoms with Crippen LogP contribution in [0.3, 0.4) is 0 Å². The van der Waals surface area contributed by atoms with Gasteiger partial charge in [-0.1, -0.05) is 18.2 Å². The van der Waals surface area contributed by atoms with Crippen molar-refractivity contribution in [3.8, 4) is 0 Å². The van der Waals surface area contributed by atoms with E-state index in [2.05, 4.69) is 67.2 Å². The number of nitrogens with zero attached hydrogens (tertiary/aromatic N) is 2. The van der Waals surface area contributed by atoms with Gasteiger partial charge in [-0.25, -0.2) is 0 Å². The molecule has 3 rings (SSSR count). The first-order chi connectivity index (χ1) is 9.63. The molecule has 0 aromatic heterocycles. The first-order valence-electron chi connectivity index (χ1n) is 7.57. The van der Waals surface area contributed by atoms with Crippen molar-refractivity contribution in [1.82, 2.24) is 4.90 Å². The standard InChI is InChI=1S/C18H24N2/c1-14-5-4-10-20(14)13-15-6-7-17-12-18(19(2)3)9-8-16(17)11-15/h6-9,11-12,14H,4-5,10,13H2,1-3H3/t14-/m1/s1. The van der Waals surface area contributed by atoms with E-state index in [1.54, 1.807) is 0 Å². The van der Waals surface area contributed by atoms with Crippen molar-refractivity contribution in [1.29, 1.82) is 0 Å². The third-order valence-corrected chi connectivity index (χ3v) is 4.48. The molecular weight excluding hydrogens is 244 g/mol. The first kappa shape index (κ1) is 13.4. The molecule has 0 aliphatic carbocycles. The lowest BCUT2D eigenvalue weighted by molar-refractivity contribution is 0.260. The Labute approximate surface area is 122 Å². The van der Waals surface area contributed by atoms with Crippen LogP contribution in [0.25, 0.3) is 10.8 Å². The summed E-state index contributed by atoms with van der Waals surface area (Å²) in [7, 11) is 4.18. The Balaban J connectivity index is 1.85. The number of rotatable bonds is 3. The van der Waals surface area contributed by atoms with Crippen molar-refractivity contribution in [3.05, 3.63) is 42.0 Å². The molecule has 0 spiro atoms. The minimum Gasteiger partial charge on any atom is -0.378 e. The molecular formula is C18H24N2. The van der Waals surface area contributed by atoms with Gasteiger partial charge >= 0.3 is 0 Å². The van der Waals surface area contributed by atoms with Crippen LogP contribution in [0.15, 0.2) is 36.4 Å². The lowest BCUT2D eigenvalue weighted by Gasteiger charge is -2.21. The van der Waals surface area contributed by atoms with E-state index < -0.39 is 0 Å². The molecule has 2 aromatic rings. The summed E-state index contributed by atoms with van der Waals surface area (Å²) in [5.74, 6) is 0. The number of hydrogen-bond acceptors (Lipinski definition) is 2. The summed E-state index contributed by atoms with van der Waals surface area (Å²) in [5, 5.41) is 2.68. The summed E-state index contributed by atoms with van der Waals surface area (Å²) >= 11 is 0. The Morgan fingerprint density at radius 2 is 1.85 bits per heavy atom. The molecule has 2 nitrogen and oxygen atoms in total. The van der Waals surface area contributed by atoms with E-state index in [4.69, 9.17) is 0 Å². The summed E-state index contributed by atoms with van der Waals surface area (Å²) in [6, 6.07) is 14.3. The monoisotopic (exact) mass is 268 g/mol. The van der Waals surface area contributed by atoms with Crippen LogP contribution in [-0.2, 0) is 6.54 Å². The molecule has 1 atom stereocenters. The van der Waals surface area contributed by atoms with Crippen molar-refractivity contribution in [3.63, 3.8) is 0 Å². The summed E-state index contributed by atoms with van der Waals surface area (Å²) in [4.78, 5) is 4.74. The quantitative estimate of drug-likeness (QED) is 0.833. The minimum atomic E-state index is 0.738. The molecule has 0 bridgehead atoms. The van der Waals surface area contributed by atoms with Gasteiger partial charge in [-0.15, -0.1) is 0 Å². The number of likely N-dealkylation sites (tertiary alicyclic amines) is 1. The van der Waals surface area contributed by atoms with E-state index in [9.17, 15) is 0 Å². The average Bonchev–Trinajstić information content (AvgIpc) is 2.83. The second kappa shape index (κ2) is 5.45. The highest BCUT2D eigenvalue weighted by atomic mass is 15.2. The second-order valence-electron chi connectivity index (χ2n) is 6.22. The van der Waals surface area contributed by atoms with Gasteiger partial charge in [0.25, 0.3) is 0 Å². The van der Waals surface area contributed by atoms with Gasteiger partial charge in [-0.05, 0) is 60.8 Å². The van der Waals surface area contributed by atoms with Crippen molar-refractivity contribution in [2.45, 2.75) is 32.4 Å². The van der Waals surface area contributed by atoms with Gasteiger partial charge in [0, 0.05) is 32.4 Å². The predicted octanol–water partition coefficient (Wildman–Crippen LogP) is 3.89. The van der Waals surface area contributed by atoms with Crippen molar-refractivity contribution >= 4 is 16.5 Å². The molecule has 1 fully saturated rings.